The Bertz CT molecular complexity index is 510. The lowest BCUT2D eigenvalue weighted by Gasteiger charge is -2.07. The molecule has 1 aromatic carbocycles. The molecule has 0 spiro atoms. The van der Waals surface area contributed by atoms with Crippen LogP contribution in [0.5, 0.6) is 0 Å². The quantitative estimate of drug-likeness (QED) is 0.834. The van der Waals surface area contributed by atoms with E-state index in [1.165, 1.54) is 12.1 Å². The molecule has 0 fully saturated rings. The van der Waals surface area contributed by atoms with Gasteiger partial charge in [-0.05, 0) is 30.2 Å². The number of aliphatic hydroxyl groups is 1. The van der Waals surface area contributed by atoms with E-state index in [-0.39, 0.29) is 18.3 Å². The highest BCUT2D eigenvalue weighted by molar-refractivity contribution is 5.31. The molecule has 0 radical (unpaired) electrons. The molecule has 0 amide bonds. The third-order valence-corrected chi connectivity index (χ3v) is 2.86. The van der Waals surface area contributed by atoms with Crippen molar-refractivity contribution in [3.63, 3.8) is 0 Å². The molecule has 0 bridgehead atoms. The molecule has 0 saturated carbocycles. The Hall–Kier alpha value is -1.72. The lowest BCUT2D eigenvalue weighted by molar-refractivity contribution is 0.233. The molecule has 19 heavy (non-hydrogen) atoms. The van der Waals surface area contributed by atoms with Gasteiger partial charge in [-0.25, -0.2) is 9.07 Å². The van der Waals surface area contributed by atoms with E-state index >= 15 is 0 Å². The third-order valence-electron chi connectivity index (χ3n) is 2.86. The van der Waals surface area contributed by atoms with Gasteiger partial charge in [0.25, 0.3) is 0 Å². The van der Waals surface area contributed by atoms with Crippen LogP contribution in [0.25, 0.3) is 5.69 Å². The number of hydrogen-bond donors (Lipinski definition) is 2. The summed E-state index contributed by atoms with van der Waals surface area (Å²) in [5.41, 5.74) is 1.88. The van der Waals surface area contributed by atoms with Crippen molar-refractivity contribution in [2.24, 2.45) is 5.92 Å². The molecule has 1 atom stereocenters. The molecular formula is C14H18FN3O. The minimum absolute atomic E-state index is 0.182. The Morgan fingerprint density at radius 3 is 2.79 bits per heavy atom. The van der Waals surface area contributed by atoms with Crippen molar-refractivity contribution in [2.75, 3.05) is 13.2 Å². The summed E-state index contributed by atoms with van der Waals surface area (Å²) in [5.74, 6) is -0.0112. The summed E-state index contributed by atoms with van der Waals surface area (Å²) >= 11 is 0. The number of rotatable bonds is 6. The normalized spacial score (nSPS) is 12.6. The molecule has 2 aromatic rings. The second-order valence-corrected chi connectivity index (χ2v) is 4.69. The van der Waals surface area contributed by atoms with Crippen LogP contribution in [-0.4, -0.2) is 28.0 Å². The molecule has 0 aliphatic heterocycles. The van der Waals surface area contributed by atoms with Crippen LogP contribution in [0.1, 0.15) is 12.5 Å². The highest BCUT2D eigenvalue weighted by Gasteiger charge is 2.03. The van der Waals surface area contributed by atoms with Crippen molar-refractivity contribution >= 4 is 0 Å². The molecule has 4 nitrogen and oxygen atoms in total. The van der Waals surface area contributed by atoms with Gasteiger partial charge in [0.05, 0.1) is 11.9 Å². The van der Waals surface area contributed by atoms with E-state index in [2.05, 4.69) is 10.4 Å². The number of benzene rings is 1. The molecule has 0 aliphatic carbocycles. The van der Waals surface area contributed by atoms with Crippen molar-refractivity contribution < 1.29 is 9.50 Å². The van der Waals surface area contributed by atoms with Crippen LogP contribution in [0.15, 0.2) is 36.7 Å². The zero-order valence-corrected chi connectivity index (χ0v) is 10.9. The van der Waals surface area contributed by atoms with Gasteiger partial charge in [0.15, 0.2) is 0 Å². The van der Waals surface area contributed by atoms with Crippen LogP contribution in [0.4, 0.5) is 4.39 Å². The highest BCUT2D eigenvalue weighted by atomic mass is 19.1. The summed E-state index contributed by atoms with van der Waals surface area (Å²) < 4.78 is 14.5. The van der Waals surface area contributed by atoms with Crippen molar-refractivity contribution in [1.29, 1.82) is 0 Å². The lowest BCUT2D eigenvalue weighted by Crippen LogP contribution is -2.22. The molecular weight excluding hydrogens is 245 g/mol. The number of nitrogens with zero attached hydrogens (tertiary/aromatic N) is 2. The second kappa shape index (κ2) is 6.45. The topological polar surface area (TPSA) is 50.1 Å². The van der Waals surface area contributed by atoms with E-state index in [0.29, 0.717) is 6.54 Å². The van der Waals surface area contributed by atoms with Gasteiger partial charge in [-0.15, -0.1) is 0 Å². The number of aromatic nitrogens is 2. The van der Waals surface area contributed by atoms with Crippen molar-refractivity contribution in [1.82, 2.24) is 15.1 Å². The summed E-state index contributed by atoms with van der Waals surface area (Å²) in [6, 6.07) is 6.20. The first-order chi connectivity index (χ1) is 9.19. The van der Waals surface area contributed by atoms with E-state index in [0.717, 1.165) is 17.8 Å². The van der Waals surface area contributed by atoms with Gasteiger partial charge in [0, 0.05) is 31.5 Å². The maximum Gasteiger partial charge on any atom is 0.123 e. The van der Waals surface area contributed by atoms with Crippen molar-refractivity contribution in [3.8, 4) is 5.69 Å². The second-order valence-electron chi connectivity index (χ2n) is 4.69. The predicted octanol–water partition coefficient (Wildman–Crippen LogP) is 1.73. The standard InChI is InChI=1S/C14H18FN3O/c1-11(10-19)6-16-7-12-8-17-18(9-12)14-4-2-13(15)3-5-14/h2-5,8-9,11,16,19H,6-7,10H2,1H3. The smallest absolute Gasteiger partial charge is 0.123 e. The van der Waals surface area contributed by atoms with E-state index < -0.39 is 0 Å². The average Bonchev–Trinajstić information content (AvgIpc) is 2.88. The number of aliphatic hydroxyl groups excluding tert-OH is 1. The van der Waals surface area contributed by atoms with Crippen LogP contribution >= 0.6 is 0 Å². The number of halogens is 1. The summed E-state index contributed by atoms with van der Waals surface area (Å²) in [4.78, 5) is 0. The molecule has 1 unspecified atom stereocenters. The van der Waals surface area contributed by atoms with Gasteiger partial charge in [0.1, 0.15) is 5.82 Å². The minimum atomic E-state index is -0.254. The van der Waals surface area contributed by atoms with Crippen LogP contribution < -0.4 is 5.32 Å². The molecule has 2 rings (SSSR count). The summed E-state index contributed by atoms with van der Waals surface area (Å²) in [6.07, 6.45) is 3.68. The van der Waals surface area contributed by atoms with Gasteiger partial charge in [-0.2, -0.15) is 5.10 Å². The first kappa shape index (κ1) is 13.7. The zero-order chi connectivity index (χ0) is 13.7. The largest absolute Gasteiger partial charge is 0.396 e. The molecule has 1 aromatic heterocycles. The monoisotopic (exact) mass is 263 g/mol. The van der Waals surface area contributed by atoms with Gasteiger partial charge in [-0.1, -0.05) is 6.92 Å². The average molecular weight is 263 g/mol. The molecule has 0 saturated heterocycles. The zero-order valence-electron chi connectivity index (χ0n) is 10.9. The van der Waals surface area contributed by atoms with Gasteiger partial charge in [-0.3, -0.25) is 0 Å². The summed E-state index contributed by atoms with van der Waals surface area (Å²) in [7, 11) is 0. The first-order valence-corrected chi connectivity index (χ1v) is 6.30. The fraction of sp³-hybridized carbons (Fsp3) is 0.357. The van der Waals surface area contributed by atoms with Gasteiger partial charge in [0.2, 0.25) is 0 Å². The van der Waals surface area contributed by atoms with E-state index in [1.54, 1.807) is 23.0 Å². The van der Waals surface area contributed by atoms with Crippen molar-refractivity contribution in [3.05, 3.63) is 48.0 Å². The molecule has 102 valence electrons. The molecule has 5 heteroatoms. The Labute approximate surface area is 111 Å². The Morgan fingerprint density at radius 2 is 2.11 bits per heavy atom. The summed E-state index contributed by atoms with van der Waals surface area (Å²) in [6.45, 7) is 3.63. The number of hydrogen-bond acceptors (Lipinski definition) is 3. The van der Waals surface area contributed by atoms with Gasteiger partial charge >= 0.3 is 0 Å². The minimum Gasteiger partial charge on any atom is -0.396 e. The molecule has 1 heterocycles. The maximum atomic E-state index is 12.8. The van der Waals surface area contributed by atoms with Crippen LogP contribution in [0.2, 0.25) is 0 Å². The van der Waals surface area contributed by atoms with Gasteiger partial charge < -0.3 is 10.4 Å². The predicted molar refractivity (Wildman–Crippen MR) is 71.5 cm³/mol. The lowest BCUT2D eigenvalue weighted by atomic mass is 10.2. The van der Waals surface area contributed by atoms with Crippen LogP contribution in [-0.2, 0) is 6.54 Å². The van der Waals surface area contributed by atoms with E-state index in [4.69, 9.17) is 5.11 Å². The molecule has 0 aliphatic rings. The van der Waals surface area contributed by atoms with E-state index in [1.807, 2.05) is 13.1 Å². The van der Waals surface area contributed by atoms with E-state index in [9.17, 15) is 4.39 Å². The summed E-state index contributed by atoms with van der Waals surface area (Å²) in [5, 5.41) is 16.4. The van der Waals surface area contributed by atoms with Crippen molar-refractivity contribution in [2.45, 2.75) is 13.5 Å². The third kappa shape index (κ3) is 3.87. The van der Waals surface area contributed by atoms with Crippen LogP contribution in [0, 0.1) is 11.7 Å². The fourth-order valence-electron chi connectivity index (χ4n) is 1.71. The first-order valence-electron chi connectivity index (χ1n) is 6.30. The van der Waals surface area contributed by atoms with Crippen LogP contribution in [0.3, 0.4) is 0 Å². The Balaban J connectivity index is 1.93. The fourth-order valence-corrected chi connectivity index (χ4v) is 1.71. The number of nitrogens with one attached hydrogen (secondary N) is 1. The Kier molecular flexibility index (Phi) is 4.65. The SMILES string of the molecule is CC(CO)CNCc1cnn(-c2ccc(F)cc2)c1. The molecule has 2 N–H and O–H groups in total. The maximum absolute atomic E-state index is 12.8. The highest BCUT2D eigenvalue weighted by Crippen LogP contribution is 2.09. The Morgan fingerprint density at radius 1 is 1.37 bits per heavy atom.